The van der Waals surface area contributed by atoms with Gasteiger partial charge in [-0.25, -0.2) is 17.6 Å². The predicted octanol–water partition coefficient (Wildman–Crippen LogP) is 6.46. The molecule has 0 unspecified atom stereocenters. The first-order valence-electron chi connectivity index (χ1n) is 5.89. The highest BCUT2D eigenvalue weighted by Crippen LogP contribution is 2.34. The van der Waals surface area contributed by atoms with Crippen LogP contribution in [-0.2, 0) is 0 Å². The zero-order valence-electron chi connectivity index (χ0n) is 12.0. The molecule has 2 nitrogen and oxygen atoms in total. The highest BCUT2D eigenvalue weighted by atomic mass is 127. The van der Waals surface area contributed by atoms with Crippen molar-refractivity contribution >= 4 is 68.4 Å². The lowest BCUT2D eigenvalue weighted by Crippen LogP contribution is -1.95. The van der Waals surface area contributed by atoms with Crippen LogP contribution in [0.1, 0.15) is 0 Å². The Balaban J connectivity index is 0.000000240. The van der Waals surface area contributed by atoms with E-state index in [1.54, 1.807) is 45.2 Å². The quantitative estimate of drug-likeness (QED) is 0.169. The van der Waals surface area contributed by atoms with Crippen LogP contribution in [0.5, 0.6) is 11.5 Å². The summed E-state index contributed by atoms with van der Waals surface area (Å²) in [5.41, 5.74) is 0. The van der Waals surface area contributed by atoms with Crippen LogP contribution in [0.15, 0.2) is 12.1 Å². The fourth-order valence-corrected chi connectivity index (χ4v) is 2.79. The molecular formula is C14H8Cl2F4I2O2. The maximum Gasteiger partial charge on any atom is 0.182 e. The predicted molar refractivity (Wildman–Crippen MR) is 101 cm³/mol. The Bertz CT molecular complexity index is 697. The normalized spacial score (nSPS) is 10.1. The standard InChI is InChI=1S/2C7H4ClF2IO/c1-12-7-3(8)2-4(9)6(11)5(7)10;1-12-7-4(10)2-3(9)6(11)5(7)8/h2*2H,1H3. The molecule has 0 saturated carbocycles. The van der Waals surface area contributed by atoms with Crippen molar-refractivity contribution in [2.24, 2.45) is 0 Å². The molecular weight excluding hydrogens is 601 g/mol. The second kappa shape index (κ2) is 9.48. The molecule has 10 heteroatoms. The molecule has 0 atom stereocenters. The molecule has 2 aromatic carbocycles. The van der Waals surface area contributed by atoms with E-state index >= 15 is 0 Å². The molecule has 0 aliphatic rings. The van der Waals surface area contributed by atoms with Crippen LogP contribution in [0.2, 0.25) is 10.0 Å². The van der Waals surface area contributed by atoms with E-state index in [2.05, 4.69) is 9.47 Å². The summed E-state index contributed by atoms with van der Waals surface area (Å²) in [5, 5.41) is -0.0940. The van der Waals surface area contributed by atoms with Crippen LogP contribution >= 0.6 is 68.4 Å². The van der Waals surface area contributed by atoms with Crippen molar-refractivity contribution in [3.05, 3.63) is 52.6 Å². The van der Waals surface area contributed by atoms with Crippen LogP contribution < -0.4 is 9.47 Å². The maximum atomic E-state index is 13.1. The summed E-state index contributed by atoms with van der Waals surface area (Å²) in [4.78, 5) is 0. The van der Waals surface area contributed by atoms with Crippen molar-refractivity contribution < 1.29 is 27.0 Å². The van der Waals surface area contributed by atoms with E-state index in [9.17, 15) is 17.6 Å². The molecule has 0 fully saturated rings. The number of methoxy groups -OCH3 is 2. The van der Waals surface area contributed by atoms with Crippen molar-refractivity contribution in [1.29, 1.82) is 0 Å². The lowest BCUT2D eigenvalue weighted by molar-refractivity contribution is 0.382. The van der Waals surface area contributed by atoms with Crippen LogP contribution in [0.3, 0.4) is 0 Å². The molecule has 0 N–H and O–H groups in total. The number of hydrogen-bond acceptors (Lipinski definition) is 2. The molecule has 0 saturated heterocycles. The van der Waals surface area contributed by atoms with Gasteiger partial charge in [-0.1, -0.05) is 23.2 Å². The molecule has 0 aromatic heterocycles. The van der Waals surface area contributed by atoms with Gasteiger partial charge in [0.1, 0.15) is 16.7 Å². The zero-order valence-corrected chi connectivity index (χ0v) is 17.8. The summed E-state index contributed by atoms with van der Waals surface area (Å²) >= 11 is 14.3. The van der Waals surface area contributed by atoms with Gasteiger partial charge in [0.05, 0.1) is 26.4 Å². The lowest BCUT2D eigenvalue weighted by atomic mass is 10.3. The van der Waals surface area contributed by atoms with Gasteiger partial charge in [-0.2, -0.15) is 0 Å². The van der Waals surface area contributed by atoms with E-state index < -0.39 is 23.3 Å². The van der Waals surface area contributed by atoms with E-state index in [1.807, 2.05) is 0 Å². The van der Waals surface area contributed by atoms with Crippen LogP contribution in [0.25, 0.3) is 0 Å². The number of ether oxygens (including phenoxy) is 2. The fourth-order valence-electron chi connectivity index (χ4n) is 1.47. The van der Waals surface area contributed by atoms with Crippen molar-refractivity contribution in [2.75, 3.05) is 14.2 Å². The Morgan fingerprint density at radius 3 is 1.79 bits per heavy atom. The molecule has 0 bridgehead atoms. The molecule has 0 aliphatic heterocycles. The first kappa shape index (κ1) is 21.8. The van der Waals surface area contributed by atoms with Crippen LogP contribution in [0, 0.1) is 30.4 Å². The van der Waals surface area contributed by atoms with Crippen molar-refractivity contribution in [2.45, 2.75) is 0 Å². The minimum atomic E-state index is -0.791. The van der Waals surface area contributed by atoms with Crippen molar-refractivity contribution in [3.63, 3.8) is 0 Å². The third-order valence-corrected chi connectivity index (χ3v) is 5.56. The van der Waals surface area contributed by atoms with Gasteiger partial charge in [-0.3, -0.25) is 0 Å². The zero-order chi connectivity index (χ0) is 18.6. The monoisotopic (exact) mass is 608 g/mol. The summed E-state index contributed by atoms with van der Waals surface area (Å²) in [5.74, 6) is -3.16. The number of rotatable bonds is 2. The Labute approximate surface area is 172 Å². The Kier molecular flexibility index (Phi) is 8.63. The molecule has 0 radical (unpaired) electrons. The van der Waals surface area contributed by atoms with Gasteiger partial charge in [0.15, 0.2) is 23.1 Å². The number of benzene rings is 2. The molecule has 0 amide bonds. The van der Waals surface area contributed by atoms with Gasteiger partial charge in [-0.15, -0.1) is 0 Å². The number of halogens is 8. The summed E-state index contributed by atoms with van der Waals surface area (Å²) in [6.07, 6.45) is 0. The van der Waals surface area contributed by atoms with E-state index in [-0.39, 0.29) is 28.7 Å². The third kappa shape index (κ3) is 4.92. The van der Waals surface area contributed by atoms with Gasteiger partial charge < -0.3 is 9.47 Å². The van der Waals surface area contributed by atoms with Crippen molar-refractivity contribution in [1.82, 2.24) is 0 Å². The van der Waals surface area contributed by atoms with Gasteiger partial charge in [0.2, 0.25) is 0 Å². The summed E-state index contributed by atoms with van der Waals surface area (Å²) in [7, 11) is 2.55. The van der Waals surface area contributed by atoms with Gasteiger partial charge in [-0.05, 0) is 51.2 Å². The van der Waals surface area contributed by atoms with Gasteiger partial charge >= 0.3 is 0 Å². The minimum absolute atomic E-state index is 0.0319. The topological polar surface area (TPSA) is 18.5 Å². The second-order valence-corrected chi connectivity index (χ2v) is 6.95. The molecule has 0 aliphatic carbocycles. The summed E-state index contributed by atoms with van der Waals surface area (Å²) in [6, 6.07) is 1.76. The Hall–Kier alpha value is -0.200. The molecule has 2 rings (SSSR count). The van der Waals surface area contributed by atoms with E-state index in [1.165, 1.54) is 14.2 Å². The van der Waals surface area contributed by atoms with E-state index in [4.69, 9.17) is 23.2 Å². The summed E-state index contributed by atoms with van der Waals surface area (Å²) < 4.78 is 60.8. The van der Waals surface area contributed by atoms with E-state index in [0.29, 0.717) is 0 Å². The smallest absolute Gasteiger partial charge is 0.182 e. The summed E-state index contributed by atoms with van der Waals surface area (Å²) in [6.45, 7) is 0. The highest BCUT2D eigenvalue weighted by Gasteiger charge is 2.16. The fraction of sp³-hybridized carbons (Fsp3) is 0.143. The van der Waals surface area contributed by atoms with Crippen molar-refractivity contribution in [3.8, 4) is 11.5 Å². The largest absolute Gasteiger partial charge is 0.492 e. The Morgan fingerprint density at radius 2 is 1.29 bits per heavy atom. The second-order valence-electron chi connectivity index (χ2n) is 4.00. The van der Waals surface area contributed by atoms with Crippen LogP contribution in [-0.4, -0.2) is 14.2 Å². The van der Waals surface area contributed by atoms with Crippen LogP contribution in [0.4, 0.5) is 17.6 Å². The molecule has 132 valence electrons. The lowest BCUT2D eigenvalue weighted by Gasteiger charge is -2.06. The molecule has 2 aromatic rings. The van der Waals surface area contributed by atoms with Gasteiger partial charge in [0, 0.05) is 6.07 Å². The average Bonchev–Trinajstić information content (AvgIpc) is 2.52. The highest BCUT2D eigenvalue weighted by molar-refractivity contribution is 14.1. The average molecular weight is 609 g/mol. The SMILES string of the molecule is COc1c(Cl)cc(F)c(I)c1F.COc1c(F)cc(F)c(I)c1Cl. The Morgan fingerprint density at radius 1 is 0.792 bits per heavy atom. The number of hydrogen-bond donors (Lipinski definition) is 0. The van der Waals surface area contributed by atoms with E-state index in [0.717, 1.165) is 12.1 Å². The maximum absolute atomic E-state index is 13.1. The minimum Gasteiger partial charge on any atom is -0.492 e. The molecule has 0 heterocycles. The molecule has 24 heavy (non-hydrogen) atoms. The van der Waals surface area contributed by atoms with Gasteiger partial charge in [0.25, 0.3) is 0 Å². The first-order valence-corrected chi connectivity index (χ1v) is 8.80. The third-order valence-electron chi connectivity index (χ3n) is 2.55. The first-order chi connectivity index (χ1) is 11.1. The molecule has 0 spiro atoms.